The van der Waals surface area contributed by atoms with Crippen molar-refractivity contribution in [2.45, 2.75) is 38.8 Å². The monoisotopic (exact) mass is 407 g/mol. The molecule has 0 aliphatic carbocycles. The van der Waals surface area contributed by atoms with E-state index in [9.17, 15) is 14.4 Å². The average Bonchev–Trinajstić information content (AvgIpc) is 2.77. The highest BCUT2D eigenvalue weighted by atomic mass is 16.5. The molecule has 0 aliphatic rings. The zero-order valence-electron chi connectivity index (χ0n) is 17.1. The Morgan fingerprint density at radius 1 is 1.10 bits per heavy atom. The molecule has 30 heavy (non-hydrogen) atoms. The maximum absolute atomic E-state index is 12.5. The zero-order chi connectivity index (χ0) is 21.5. The van der Waals surface area contributed by atoms with E-state index in [-0.39, 0.29) is 23.9 Å². The van der Waals surface area contributed by atoms with Crippen molar-refractivity contribution in [2.24, 2.45) is 0 Å². The number of ether oxygens (including phenoxy) is 1. The minimum atomic E-state index is -0.963. The number of rotatable bonds is 8. The van der Waals surface area contributed by atoms with Crippen molar-refractivity contribution < 1.29 is 14.3 Å². The van der Waals surface area contributed by atoms with Crippen molar-refractivity contribution >= 4 is 22.8 Å². The van der Waals surface area contributed by atoms with Gasteiger partial charge in [0, 0.05) is 12.5 Å². The summed E-state index contributed by atoms with van der Waals surface area (Å²) in [6.45, 7) is 3.71. The van der Waals surface area contributed by atoms with Crippen LogP contribution in [-0.4, -0.2) is 34.1 Å². The Bertz CT molecular complexity index is 1080. The number of aromatic nitrogens is 2. The molecule has 156 valence electrons. The van der Waals surface area contributed by atoms with Crippen LogP contribution < -0.4 is 10.9 Å². The number of carbonyl (C=O) groups is 2. The first-order chi connectivity index (χ1) is 14.5. The highest BCUT2D eigenvalue weighted by molar-refractivity contribution is 5.83. The minimum Gasteiger partial charge on any atom is -0.451 e. The van der Waals surface area contributed by atoms with Crippen LogP contribution in [0.1, 0.15) is 31.7 Å². The van der Waals surface area contributed by atoms with E-state index in [4.69, 9.17) is 4.74 Å². The van der Waals surface area contributed by atoms with Crippen molar-refractivity contribution in [1.29, 1.82) is 0 Å². The van der Waals surface area contributed by atoms with E-state index in [0.717, 1.165) is 12.0 Å². The van der Waals surface area contributed by atoms with E-state index >= 15 is 0 Å². The molecule has 0 saturated heterocycles. The molecule has 0 aliphatic heterocycles. The van der Waals surface area contributed by atoms with E-state index < -0.39 is 12.1 Å². The fourth-order valence-corrected chi connectivity index (χ4v) is 3.24. The first-order valence-corrected chi connectivity index (χ1v) is 9.96. The Kier molecular flexibility index (Phi) is 6.95. The van der Waals surface area contributed by atoms with Gasteiger partial charge in [-0.1, -0.05) is 49.4 Å². The molecular weight excluding hydrogens is 382 g/mol. The molecule has 3 aromatic rings. The number of hydrogen-bond acceptors (Lipinski definition) is 5. The van der Waals surface area contributed by atoms with Crippen molar-refractivity contribution in [1.82, 2.24) is 14.9 Å². The molecule has 0 unspecified atom stereocenters. The lowest BCUT2D eigenvalue weighted by Gasteiger charge is -2.18. The molecule has 1 N–H and O–H groups in total. The number of hydrogen-bond donors (Lipinski definition) is 1. The van der Waals surface area contributed by atoms with Gasteiger partial charge in [0.25, 0.3) is 11.5 Å². The average molecular weight is 407 g/mol. The van der Waals surface area contributed by atoms with Gasteiger partial charge in [-0.2, -0.15) is 0 Å². The second kappa shape index (κ2) is 9.82. The Morgan fingerprint density at radius 3 is 2.53 bits per heavy atom. The third-order valence-corrected chi connectivity index (χ3v) is 4.99. The van der Waals surface area contributed by atoms with Gasteiger partial charge in [0.05, 0.1) is 17.2 Å². The summed E-state index contributed by atoms with van der Waals surface area (Å²) in [6, 6.07) is 16.8. The third-order valence-electron chi connectivity index (χ3n) is 4.99. The number of nitrogens with zero attached hydrogens (tertiary/aromatic N) is 2. The van der Waals surface area contributed by atoms with Crippen LogP contribution in [0.3, 0.4) is 0 Å². The number of para-hydroxylation sites is 1. The van der Waals surface area contributed by atoms with Gasteiger partial charge in [-0.3, -0.25) is 19.0 Å². The van der Waals surface area contributed by atoms with Crippen LogP contribution in [-0.2, 0) is 20.9 Å². The Hall–Kier alpha value is -3.48. The molecule has 7 nitrogen and oxygen atoms in total. The second-order valence-corrected chi connectivity index (χ2v) is 7.09. The smallest absolute Gasteiger partial charge is 0.326 e. The highest BCUT2D eigenvalue weighted by Gasteiger charge is 2.20. The van der Waals surface area contributed by atoms with Gasteiger partial charge < -0.3 is 10.1 Å². The molecule has 7 heteroatoms. The van der Waals surface area contributed by atoms with Crippen molar-refractivity contribution in [3.63, 3.8) is 0 Å². The summed E-state index contributed by atoms with van der Waals surface area (Å²) in [5, 5.41) is 3.26. The Labute approximate surface area is 174 Å². The van der Waals surface area contributed by atoms with Crippen molar-refractivity contribution in [3.8, 4) is 0 Å². The lowest BCUT2D eigenvalue weighted by atomic mass is 9.96. The minimum absolute atomic E-state index is 0.181. The number of esters is 1. The lowest BCUT2D eigenvalue weighted by molar-refractivity contribution is -0.155. The molecule has 1 aromatic heterocycles. The molecule has 0 spiro atoms. The highest BCUT2D eigenvalue weighted by Crippen LogP contribution is 2.18. The maximum Gasteiger partial charge on any atom is 0.326 e. The molecule has 0 fully saturated rings. The van der Waals surface area contributed by atoms with Crippen LogP contribution >= 0.6 is 0 Å². The van der Waals surface area contributed by atoms with Gasteiger partial charge in [0.1, 0.15) is 6.54 Å². The predicted molar refractivity (Wildman–Crippen MR) is 114 cm³/mol. The number of fused-ring (bicyclic) bond motifs is 1. The van der Waals surface area contributed by atoms with Gasteiger partial charge in [-0.05, 0) is 31.0 Å². The molecule has 1 amide bonds. The Balaban J connectivity index is 1.55. The standard InChI is InChI=1S/C23H25N3O4/c1-3-17(18-9-5-4-6-10-18)13-24-22(28)16(2)30-21(27)14-26-15-25-20-12-8-7-11-19(20)23(26)29/h4-12,15-17H,3,13-14H2,1-2H3,(H,24,28)/t16-,17-/m0/s1. The van der Waals surface area contributed by atoms with E-state index in [0.29, 0.717) is 17.4 Å². The topological polar surface area (TPSA) is 90.3 Å². The third kappa shape index (κ3) is 5.11. The first-order valence-electron chi connectivity index (χ1n) is 9.96. The summed E-state index contributed by atoms with van der Waals surface area (Å²) < 4.78 is 6.39. The van der Waals surface area contributed by atoms with Gasteiger partial charge in [0.15, 0.2) is 6.10 Å². The molecule has 2 aromatic carbocycles. The normalized spacial score (nSPS) is 12.9. The van der Waals surface area contributed by atoms with Crippen LogP contribution in [0.25, 0.3) is 10.9 Å². The van der Waals surface area contributed by atoms with Crippen LogP contribution in [0.2, 0.25) is 0 Å². The summed E-state index contributed by atoms with van der Waals surface area (Å²) in [5.41, 5.74) is 1.38. The van der Waals surface area contributed by atoms with Gasteiger partial charge in [-0.25, -0.2) is 4.98 Å². The van der Waals surface area contributed by atoms with Gasteiger partial charge >= 0.3 is 5.97 Å². The van der Waals surface area contributed by atoms with E-state index in [1.54, 1.807) is 24.3 Å². The molecule has 3 rings (SSSR count). The molecular formula is C23H25N3O4. The van der Waals surface area contributed by atoms with E-state index in [1.165, 1.54) is 17.8 Å². The molecule has 1 heterocycles. The van der Waals surface area contributed by atoms with E-state index in [1.807, 2.05) is 30.3 Å². The summed E-state index contributed by atoms with van der Waals surface area (Å²) >= 11 is 0. The lowest BCUT2D eigenvalue weighted by Crippen LogP contribution is -2.39. The maximum atomic E-state index is 12.5. The SMILES string of the molecule is CC[C@@H](CNC(=O)[C@H](C)OC(=O)Cn1cnc2ccccc2c1=O)c1ccccc1. The first kappa shape index (κ1) is 21.2. The Morgan fingerprint density at radius 2 is 1.80 bits per heavy atom. The number of carbonyl (C=O) groups excluding carboxylic acids is 2. The molecule has 0 saturated carbocycles. The van der Waals surface area contributed by atoms with Crippen molar-refractivity contribution in [3.05, 3.63) is 76.8 Å². The number of benzene rings is 2. The zero-order valence-corrected chi connectivity index (χ0v) is 17.1. The number of amides is 1. The quantitative estimate of drug-likeness (QED) is 0.580. The molecule has 2 atom stereocenters. The number of nitrogens with one attached hydrogen (secondary N) is 1. The summed E-state index contributed by atoms with van der Waals surface area (Å²) in [7, 11) is 0. The van der Waals surface area contributed by atoms with Gasteiger partial charge in [-0.15, -0.1) is 0 Å². The van der Waals surface area contributed by atoms with Gasteiger partial charge in [0.2, 0.25) is 0 Å². The van der Waals surface area contributed by atoms with E-state index in [2.05, 4.69) is 17.2 Å². The van der Waals surface area contributed by atoms with Crippen molar-refractivity contribution in [2.75, 3.05) is 6.54 Å². The van der Waals surface area contributed by atoms with Crippen LogP contribution in [0, 0.1) is 0 Å². The summed E-state index contributed by atoms with van der Waals surface area (Å²) in [4.78, 5) is 41.2. The van der Waals surface area contributed by atoms with Crippen LogP contribution in [0.15, 0.2) is 65.7 Å². The van der Waals surface area contributed by atoms with Crippen LogP contribution in [0.5, 0.6) is 0 Å². The molecule has 0 radical (unpaired) electrons. The predicted octanol–water partition coefficient (Wildman–Crippen LogP) is 2.64. The summed E-state index contributed by atoms with van der Waals surface area (Å²) in [6.07, 6.45) is 1.22. The second-order valence-electron chi connectivity index (χ2n) is 7.09. The fraction of sp³-hybridized carbons (Fsp3) is 0.304. The fourth-order valence-electron chi connectivity index (χ4n) is 3.24. The summed E-state index contributed by atoms with van der Waals surface area (Å²) in [5.74, 6) is -0.867. The molecule has 0 bridgehead atoms. The van der Waals surface area contributed by atoms with Crippen LogP contribution in [0.4, 0.5) is 0 Å². The largest absolute Gasteiger partial charge is 0.451 e.